The Kier molecular flexibility index (Phi) is 4.34. The third-order valence-electron chi connectivity index (χ3n) is 4.30. The Morgan fingerprint density at radius 2 is 1.78 bits per heavy atom. The molecule has 5 nitrogen and oxygen atoms in total. The largest absolute Gasteiger partial charge is 0.475 e. The number of hydrogen-bond acceptors (Lipinski definition) is 4. The van der Waals surface area contributed by atoms with Crippen LogP contribution < -0.4 is 4.90 Å². The minimum Gasteiger partial charge on any atom is -0.475 e. The number of halogens is 1. The molecule has 6 heteroatoms. The van der Waals surface area contributed by atoms with Crippen molar-refractivity contribution >= 4 is 11.7 Å². The molecule has 0 radical (unpaired) electrons. The van der Waals surface area contributed by atoms with E-state index in [9.17, 15) is 9.18 Å². The van der Waals surface area contributed by atoms with Crippen LogP contribution in [-0.4, -0.2) is 42.2 Å². The second-order valence-corrected chi connectivity index (χ2v) is 5.68. The highest BCUT2D eigenvalue weighted by molar-refractivity contribution is 5.84. The van der Waals surface area contributed by atoms with Crippen LogP contribution in [0.3, 0.4) is 0 Å². The zero-order valence-electron chi connectivity index (χ0n) is 12.9. The van der Waals surface area contributed by atoms with Crippen LogP contribution in [0.15, 0.2) is 40.8 Å². The van der Waals surface area contributed by atoms with E-state index in [1.807, 2.05) is 6.92 Å². The molecule has 0 aliphatic carbocycles. The third-order valence-corrected chi connectivity index (χ3v) is 4.30. The van der Waals surface area contributed by atoms with Gasteiger partial charge in [0.1, 0.15) is 11.6 Å². The summed E-state index contributed by atoms with van der Waals surface area (Å²) < 4.78 is 18.4. The molecule has 1 atom stereocenters. The van der Waals surface area contributed by atoms with E-state index in [1.54, 1.807) is 18.2 Å². The Hall–Kier alpha value is -2.34. The number of anilines is 1. The number of piperazine rings is 1. The summed E-state index contributed by atoms with van der Waals surface area (Å²) in [5.74, 6) is -0.646. The van der Waals surface area contributed by atoms with Crippen molar-refractivity contribution in [2.75, 3.05) is 31.1 Å². The van der Waals surface area contributed by atoms with Crippen molar-refractivity contribution in [3.05, 3.63) is 53.7 Å². The Balaban J connectivity index is 1.61. The molecule has 1 aliphatic rings. The third kappa shape index (κ3) is 3.37. The van der Waals surface area contributed by atoms with Crippen molar-refractivity contribution in [3.63, 3.8) is 0 Å². The predicted molar refractivity (Wildman–Crippen MR) is 84.3 cm³/mol. The summed E-state index contributed by atoms with van der Waals surface area (Å²) in [5, 5.41) is 8.93. The second-order valence-electron chi connectivity index (χ2n) is 5.68. The number of hydrogen-bond donors (Lipinski definition) is 1. The first-order chi connectivity index (χ1) is 11.0. The lowest BCUT2D eigenvalue weighted by molar-refractivity contribution is 0.0655. The fourth-order valence-corrected chi connectivity index (χ4v) is 2.89. The maximum absolute atomic E-state index is 13.0. The summed E-state index contributed by atoms with van der Waals surface area (Å²) >= 11 is 0. The van der Waals surface area contributed by atoms with Gasteiger partial charge >= 0.3 is 5.97 Å². The topological polar surface area (TPSA) is 56.9 Å². The molecule has 1 aromatic heterocycles. The van der Waals surface area contributed by atoms with E-state index in [4.69, 9.17) is 9.52 Å². The zero-order chi connectivity index (χ0) is 16.4. The highest BCUT2D eigenvalue weighted by atomic mass is 19.1. The van der Waals surface area contributed by atoms with E-state index in [1.165, 1.54) is 18.2 Å². The van der Waals surface area contributed by atoms with Gasteiger partial charge in [-0.05, 0) is 43.3 Å². The van der Waals surface area contributed by atoms with Crippen LogP contribution in [0.25, 0.3) is 0 Å². The van der Waals surface area contributed by atoms with Crippen molar-refractivity contribution in [3.8, 4) is 0 Å². The van der Waals surface area contributed by atoms with E-state index in [0.29, 0.717) is 5.76 Å². The number of rotatable bonds is 4. The van der Waals surface area contributed by atoms with Crippen LogP contribution in [0.4, 0.5) is 10.1 Å². The molecule has 0 bridgehead atoms. The first-order valence-corrected chi connectivity index (χ1v) is 7.62. The van der Waals surface area contributed by atoms with Crippen molar-refractivity contribution in [2.24, 2.45) is 0 Å². The molecule has 1 aliphatic heterocycles. The van der Waals surface area contributed by atoms with E-state index in [0.717, 1.165) is 31.9 Å². The number of carboxylic acids is 1. The van der Waals surface area contributed by atoms with Crippen molar-refractivity contribution in [2.45, 2.75) is 13.0 Å². The summed E-state index contributed by atoms with van der Waals surface area (Å²) in [6, 6.07) is 9.77. The monoisotopic (exact) mass is 318 g/mol. The van der Waals surface area contributed by atoms with Crippen molar-refractivity contribution < 1.29 is 18.7 Å². The normalized spacial score (nSPS) is 17.2. The molecule has 3 rings (SSSR count). The predicted octanol–water partition coefficient (Wildman–Crippen LogP) is 3.00. The number of carbonyl (C=O) groups is 1. The van der Waals surface area contributed by atoms with Gasteiger partial charge in [-0.3, -0.25) is 4.90 Å². The Morgan fingerprint density at radius 1 is 1.13 bits per heavy atom. The first kappa shape index (κ1) is 15.6. The molecule has 1 fully saturated rings. The summed E-state index contributed by atoms with van der Waals surface area (Å²) in [6.45, 7) is 5.35. The number of furan rings is 1. The lowest BCUT2D eigenvalue weighted by Gasteiger charge is -2.38. The quantitative estimate of drug-likeness (QED) is 0.939. The van der Waals surface area contributed by atoms with Crippen LogP contribution in [0.2, 0.25) is 0 Å². The fourth-order valence-electron chi connectivity index (χ4n) is 2.89. The van der Waals surface area contributed by atoms with Gasteiger partial charge in [0.25, 0.3) is 0 Å². The maximum atomic E-state index is 13.0. The van der Waals surface area contributed by atoms with Crippen molar-refractivity contribution in [1.29, 1.82) is 0 Å². The van der Waals surface area contributed by atoms with Gasteiger partial charge in [0.2, 0.25) is 5.76 Å². The molecule has 23 heavy (non-hydrogen) atoms. The Morgan fingerprint density at radius 3 is 2.35 bits per heavy atom. The molecule has 122 valence electrons. The first-order valence-electron chi connectivity index (χ1n) is 7.62. The fraction of sp³-hybridized carbons (Fsp3) is 0.353. The lowest BCUT2D eigenvalue weighted by Crippen LogP contribution is -2.47. The van der Waals surface area contributed by atoms with E-state index in [-0.39, 0.29) is 17.6 Å². The molecule has 1 saturated heterocycles. The van der Waals surface area contributed by atoms with Crippen molar-refractivity contribution in [1.82, 2.24) is 4.90 Å². The van der Waals surface area contributed by atoms with Crippen LogP contribution in [0, 0.1) is 5.82 Å². The van der Waals surface area contributed by atoms with E-state index < -0.39 is 5.97 Å². The van der Waals surface area contributed by atoms with Gasteiger partial charge in [-0.15, -0.1) is 0 Å². The average Bonchev–Trinajstić information content (AvgIpc) is 3.05. The minimum atomic E-state index is -1.05. The van der Waals surface area contributed by atoms with Crippen LogP contribution in [0.1, 0.15) is 29.3 Å². The average molecular weight is 318 g/mol. The number of carboxylic acid groups (broad SMARTS) is 1. The van der Waals surface area contributed by atoms with Crippen LogP contribution >= 0.6 is 0 Å². The smallest absolute Gasteiger partial charge is 0.371 e. The van der Waals surface area contributed by atoms with Crippen LogP contribution in [-0.2, 0) is 0 Å². The highest BCUT2D eigenvalue weighted by Gasteiger charge is 2.24. The van der Waals surface area contributed by atoms with E-state index in [2.05, 4.69) is 9.80 Å². The van der Waals surface area contributed by atoms with E-state index >= 15 is 0 Å². The van der Waals surface area contributed by atoms with Gasteiger partial charge in [-0.25, -0.2) is 9.18 Å². The number of aromatic carboxylic acids is 1. The molecule has 0 saturated carbocycles. The highest BCUT2D eigenvalue weighted by Crippen LogP contribution is 2.25. The molecule has 2 heterocycles. The van der Waals surface area contributed by atoms with Gasteiger partial charge in [-0.2, -0.15) is 0 Å². The molecular weight excluding hydrogens is 299 g/mol. The molecule has 0 amide bonds. The SMILES string of the molecule is CC(c1ccc(C(=O)O)o1)N1CCN(c2ccc(F)cc2)CC1. The van der Waals surface area contributed by atoms with Gasteiger partial charge in [0, 0.05) is 31.9 Å². The van der Waals surface area contributed by atoms with Gasteiger partial charge in [-0.1, -0.05) is 0 Å². The Bertz CT molecular complexity index is 675. The summed E-state index contributed by atoms with van der Waals surface area (Å²) in [6.07, 6.45) is 0. The van der Waals surface area contributed by atoms with Crippen LogP contribution in [0.5, 0.6) is 0 Å². The number of benzene rings is 1. The summed E-state index contributed by atoms with van der Waals surface area (Å²) in [7, 11) is 0. The minimum absolute atomic E-state index is 0.0264. The molecule has 1 N–H and O–H groups in total. The number of nitrogens with zero attached hydrogens (tertiary/aromatic N) is 2. The summed E-state index contributed by atoms with van der Waals surface area (Å²) in [5.41, 5.74) is 1.02. The standard InChI is InChI=1S/C17H19FN2O3/c1-12(15-6-7-16(23-15)17(21)22)19-8-10-20(11-9-19)14-4-2-13(18)3-5-14/h2-7,12H,8-11H2,1H3,(H,21,22). The molecule has 1 aromatic carbocycles. The summed E-state index contributed by atoms with van der Waals surface area (Å²) in [4.78, 5) is 15.4. The maximum Gasteiger partial charge on any atom is 0.371 e. The van der Waals surface area contributed by atoms with Gasteiger partial charge in [0.15, 0.2) is 0 Å². The Labute approximate surface area is 133 Å². The zero-order valence-corrected chi connectivity index (χ0v) is 12.9. The molecule has 2 aromatic rings. The van der Waals surface area contributed by atoms with Gasteiger partial charge in [0.05, 0.1) is 6.04 Å². The molecular formula is C17H19FN2O3. The van der Waals surface area contributed by atoms with Gasteiger partial charge < -0.3 is 14.4 Å². The molecule has 0 spiro atoms. The molecule has 1 unspecified atom stereocenters. The second kappa shape index (κ2) is 6.42. The lowest BCUT2D eigenvalue weighted by atomic mass is 10.1.